The van der Waals surface area contributed by atoms with Crippen molar-refractivity contribution in [1.82, 2.24) is 0 Å². The average molecular weight is 367 g/mol. The van der Waals surface area contributed by atoms with Crippen LogP contribution >= 0.6 is 0 Å². The van der Waals surface area contributed by atoms with Gasteiger partial charge < -0.3 is 4.74 Å². The Labute approximate surface area is 164 Å². The van der Waals surface area contributed by atoms with Gasteiger partial charge in [0.15, 0.2) is 0 Å². The first-order valence-corrected chi connectivity index (χ1v) is 11.6. The Hall–Kier alpha value is -0.790. The summed E-state index contributed by atoms with van der Waals surface area (Å²) in [7, 11) is 0. The molecule has 0 aromatic rings. The highest BCUT2D eigenvalue weighted by molar-refractivity contribution is 5.69. The van der Waals surface area contributed by atoms with E-state index in [2.05, 4.69) is 26.0 Å². The molecule has 0 N–H and O–H groups in total. The second-order valence-corrected chi connectivity index (χ2v) is 7.62. The molecular formula is C24H46O2. The zero-order valence-corrected chi connectivity index (χ0v) is 17.9. The molecule has 0 fully saturated rings. The van der Waals surface area contributed by atoms with Gasteiger partial charge in [-0.15, -0.1) is 0 Å². The van der Waals surface area contributed by atoms with Crippen LogP contribution in [0.4, 0.5) is 0 Å². The lowest BCUT2D eigenvalue weighted by Gasteiger charge is -2.04. The van der Waals surface area contributed by atoms with E-state index < -0.39 is 0 Å². The Morgan fingerprint density at radius 2 is 1.08 bits per heavy atom. The highest BCUT2D eigenvalue weighted by atomic mass is 16.5. The first-order valence-electron chi connectivity index (χ1n) is 11.6. The fraction of sp³-hybridized carbons (Fsp3) is 0.875. The molecule has 0 amide bonds. The molecular weight excluding hydrogens is 320 g/mol. The van der Waals surface area contributed by atoms with Crippen LogP contribution in [0.3, 0.4) is 0 Å². The van der Waals surface area contributed by atoms with Gasteiger partial charge >= 0.3 is 5.97 Å². The predicted octanol–water partition coefficient (Wildman–Crippen LogP) is 8.15. The molecule has 2 heteroatoms. The van der Waals surface area contributed by atoms with Crippen molar-refractivity contribution in [1.29, 1.82) is 0 Å². The van der Waals surface area contributed by atoms with Crippen molar-refractivity contribution in [2.75, 3.05) is 6.61 Å². The topological polar surface area (TPSA) is 26.3 Å². The number of ether oxygens (including phenoxy) is 1. The van der Waals surface area contributed by atoms with Crippen molar-refractivity contribution in [3.05, 3.63) is 12.2 Å². The third-order valence-corrected chi connectivity index (χ3v) is 4.90. The van der Waals surface area contributed by atoms with E-state index in [0.717, 1.165) is 25.7 Å². The third-order valence-electron chi connectivity index (χ3n) is 4.90. The summed E-state index contributed by atoms with van der Waals surface area (Å²) in [5.74, 6) is -0.00815. The molecule has 0 heterocycles. The lowest BCUT2D eigenvalue weighted by atomic mass is 10.1. The monoisotopic (exact) mass is 366 g/mol. The Morgan fingerprint density at radius 1 is 0.615 bits per heavy atom. The van der Waals surface area contributed by atoms with Crippen LogP contribution in [0.15, 0.2) is 12.2 Å². The summed E-state index contributed by atoms with van der Waals surface area (Å²) in [4.78, 5) is 11.4. The third kappa shape index (κ3) is 21.3. The van der Waals surface area contributed by atoms with Crippen molar-refractivity contribution in [2.24, 2.45) is 0 Å². The second kappa shape index (κ2) is 22.3. The zero-order valence-electron chi connectivity index (χ0n) is 17.9. The van der Waals surface area contributed by atoms with Crippen molar-refractivity contribution in [3.63, 3.8) is 0 Å². The van der Waals surface area contributed by atoms with Crippen molar-refractivity contribution in [3.8, 4) is 0 Å². The van der Waals surface area contributed by atoms with Crippen LogP contribution in [0.1, 0.15) is 129 Å². The number of rotatable bonds is 20. The maximum atomic E-state index is 11.4. The number of esters is 1. The van der Waals surface area contributed by atoms with E-state index in [-0.39, 0.29) is 5.97 Å². The van der Waals surface area contributed by atoms with Crippen LogP contribution in [-0.2, 0) is 9.53 Å². The van der Waals surface area contributed by atoms with Gasteiger partial charge in [0.05, 0.1) is 6.61 Å². The van der Waals surface area contributed by atoms with Crippen molar-refractivity contribution >= 4 is 5.97 Å². The van der Waals surface area contributed by atoms with Gasteiger partial charge in [-0.3, -0.25) is 4.79 Å². The number of allylic oxidation sites excluding steroid dienone is 2. The van der Waals surface area contributed by atoms with Gasteiger partial charge in [0.2, 0.25) is 0 Å². The highest BCUT2D eigenvalue weighted by Gasteiger charge is 2.01. The van der Waals surface area contributed by atoms with Gasteiger partial charge in [-0.2, -0.15) is 0 Å². The molecule has 0 aliphatic heterocycles. The lowest BCUT2D eigenvalue weighted by Crippen LogP contribution is -2.05. The van der Waals surface area contributed by atoms with E-state index in [1.54, 1.807) is 0 Å². The van der Waals surface area contributed by atoms with Crippen LogP contribution in [0, 0.1) is 0 Å². The fourth-order valence-electron chi connectivity index (χ4n) is 3.13. The van der Waals surface area contributed by atoms with Gasteiger partial charge in [0.1, 0.15) is 0 Å². The summed E-state index contributed by atoms with van der Waals surface area (Å²) in [5, 5.41) is 0. The number of carbonyl (C=O) groups excluding carboxylic acids is 1. The van der Waals surface area contributed by atoms with E-state index in [1.165, 1.54) is 83.5 Å². The molecule has 0 aliphatic carbocycles. The molecule has 0 radical (unpaired) electrons. The molecule has 0 aromatic carbocycles. The summed E-state index contributed by atoms with van der Waals surface area (Å²) in [6, 6.07) is 0. The molecule has 0 bridgehead atoms. The fourth-order valence-corrected chi connectivity index (χ4v) is 3.13. The van der Waals surface area contributed by atoms with Gasteiger partial charge in [-0.05, 0) is 38.5 Å². The van der Waals surface area contributed by atoms with Crippen molar-refractivity contribution in [2.45, 2.75) is 129 Å². The lowest BCUT2D eigenvalue weighted by molar-refractivity contribution is -0.143. The summed E-state index contributed by atoms with van der Waals surface area (Å²) in [5.41, 5.74) is 0. The van der Waals surface area contributed by atoms with E-state index in [9.17, 15) is 4.79 Å². The first kappa shape index (κ1) is 25.2. The Bertz CT molecular complexity index is 309. The number of hydrogen-bond acceptors (Lipinski definition) is 2. The van der Waals surface area contributed by atoms with E-state index in [4.69, 9.17) is 4.74 Å². The Morgan fingerprint density at radius 3 is 1.65 bits per heavy atom. The average Bonchev–Trinajstić information content (AvgIpc) is 2.64. The van der Waals surface area contributed by atoms with Gasteiger partial charge in [0, 0.05) is 6.42 Å². The molecule has 2 nitrogen and oxygen atoms in total. The van der Waals surface area contributed by atoms with Crippen molar-refractivity contribution < 1.29 is 9.53 Å². The molecule has 0 spiro atoms. The molecule has 0 saturated heterocycles. The minimum atomic E-state index is -0.00815. The van der Waals surface area contributed by atoms with Crippen LogP contribution in [0.2, 0.25) is 0 Å². The Kier molecular flexibility index (Phi) is 21.6. The molecule has 26 heavy (non-hydrogen) atoms. The molecule has 0 atom stereocenters. The van der Waals surface area contributed by atoms with Gasteiger partial charge in [0.25, 0.3) is 0 Å². The van der Waals surface area contributed by atoms with E-state index >= 15 is 0 Å². The normalized spacial score (nSPS) is 11.3. The molecule has 0 unspecified atom stereocenters. The zero-order chi connectivity index (χ0) is 19.1. The van der Waals surface area contributed by atoms with Crippen LogP contribution in [-0.4, -0.2) is 12.6 Å². The largest absolute Gasteiger partial charge is 0.466 e. The summed E-state index contributed by atoms with van der Waals surface area (Å²) < 4.78 is 5.26. The number of carbonyl (C=O) groups is 1. The SMILES string of the molecule is CCCCCCCC/C=C/CCCCCCCCOC(=O)CCCCC. The predicted molar refractivity (Wildman–Crippen MR) is 115 cm³/mol. The quantitative estimate of drug-likeness (QED) is 0.123. The minimum Gasteiger partial charge on any atom is -0.466 e. The first-order chi connectivity index (χ1) is 12.8. The second-order valence-electron chi connectivity index (χ2n) is 7.62. The van der Waals surface area contributed by atoms with Crippen LogP contribution < -0.4 is 0 Å². The number of hydrogen-bond donors (Lipinski definition) is 0. The van der Waals surface area contributed by atoms with E-state index in [1.807, 2.05) is 0 Å². The minimum absolute atomic E-state index is 0.00815. The van der Waals surface area contributed by atoms with E-state index in [0.29, 0.717) is 13.0 Å². The maximum absolute atomic E-state index is 11.4. The molecule has 0 aromatic heterocycles. The van der Waals surface area contributed by atoms with Crippen LogP contribution in [0.25, 0.3) is 0 Å². The molecule has 0 aliphatic rings. The van der Waals surface area contributed by atoms with Crippen LogP contribution in [0.5, 0.6) is 0 Å². The summed E-state index contributed by atoms with van der Waals surface area (Å²) in [6.07, 6.45) is 26.9. The maximum Gasteiger partial charge on any atom is 0.305 e. The molecule has 154 valence electrons. The smallest absolute Gasteiger partial charge is 0.305 e. The standard InChI is InChI=1S/C24H46O2/c1-3-5-7-8-9-10-11-12-13-14-15-16-17-18-19-21-23-26-24(25)22-20-6-4-2/h12-13H,3-11,14-23H2,1-2H3/b13-12+. The highest BCUT2D eigenvalue weighted by Crippen LogP contribution is 2.10. The Balaban J connectivity index is 3.14. The van der Waals surface area contributed by atoms with Gasteiger partial charge in [-0.25, -0.2) is 0 Å². The van der Waals surface area contributed by atoms with Gasteiger partial charge in [-0.1, -0.05) is 96.6 Å². The summed E-state index contributed by atoms with van der Waals surface area (Å²) in [6.45, 7) is 5.04. The molecule has 0 rings (SSSR count). The summed E-state index contributed by atoms with van der Waals surface area (Å²) >= 11 is 0. The molecule has 0 saturated carbocycles. The number of unbranched alkanes of at least 4 members (excludes halogenated alkanes) is 14.